The molecule has 3 rings (SSSR count). The van der Waals surface area contributed by atoms with Crippen molar-refractivity contribution in [3.05, 3.63) is 76.3 Å². The molecule has 1 heterocycles. The molecule has 0 radical (unpaired) electrons. The molecule has 1 aromatic heterocycles. The first-order valence-electron chi connectivity index (χ1n) is 7.72. The van der Waals surface area contributed by atoms with Crippen molar-refractivity contribution in [1.82, 2.24) is 4.98 Å². The molecule has 126 valence electrons. The second kappa shape index (κ2) is 7.73. The smallest absolute Gasteiger partial charge is 0.236 e. The Hall–Kier alpha value is -2.97. The van der Waals surface area contributed by atoms with E-state index in [1.807, 2.05) is 61.5 Å². The Morgan fingerprint density at radius 1 is 1.24 bits per heavy atom. The first kappa shape index (κ1) is 16.9. The van der Waals surface area contributed by atoms with Gasteiger partial charge in [0, 0.05) is 11.6 Å². The number of aryl methyl sites for hydroxylation is 1. The van der Waals surface area contributed by atoms with Crippen molar-refractivity contribution in [3.8, 4) is 11.8 Å². The van der Waals surface area contributed by atoms with Crippen molar-refractivity contribution in [1.29, 1.82) is 5.26 Å². The van der Waals surface area contributed by atoms with Crippen LogP contribution in [0.15, 0.2) is 52.9 Å². The zero-order valence-electron chi connectivity index (χ0n) is 13.6. The highest BCUT2D eigenvalue weighted by molar-refractivity contribution is 6.31. The lowest BCUT2D eigenvalue weighted by atomic mass is 10.2. The molecule has 0 aliphatic carbocycles. The van der Waals surface area contributed by atoms with Gasteiger partial charge in [0.1, 0.15) is 11.8 Å². The summed E-state index contributed by atoms with van der Waals surface area (Å²) in [6, 6.07) is 17.2. The number of oxazole rings is 1. The highest BCUT2D eigenvalue weighted by Gasteiger charge is 2.14. The number of aromatic nitrogens is 1. The van der Waals surface area contributed by atoms with Crippen molar-refractivity contribution in [2.75, 3.05) is 5.32 Å². The summed E-state index contributed by atoms with van der Waals surface area (Å²) in [5.74, 6) is 1.37. The summed E-state index contributed by atoms with van der Waals surface area (Å²) in [6.07, 6.45) is 0. The van der Waals surface area contributed by atoms with E-state index >= 15 is 0 Å². The van der Waals surface area contributed by atoms with Gasteiger partial charge in [0.2, 0.25) is 17.5 Å². The van der Waals surface area contributed by atoms with Crippen LogP contribution < -0.4 is 10.1 Å². The number of hydrogen-bond donors (Lipinski definition) is 1. The highest BCUT2D eigenvalue weighted by Crippen LogP contribution is 2.21. The maximum absolute atomic E-state index is 9.23. The Bertz CT molecular complexity index is 915. The molecule has 0 saturated carbocycles. The molecule has 6 heteroatoms. The SMILES string of the molecule is Cc1cccc(OCc2nc(C#N)c(NCc3ccccc3Cl)o2)c1. The minimum Gasteiger partial charge on any atom is -0.484 e. The van der Waals surface area contributed by atoms with Crippen molar-refractivity contribution >= 4 is 17.5 Å². The molecule has 0 unspecified atom stereocenters. The van der Waals surface area contributed by atoms with Gasteiger partial charge in [0.25, 0.3) is 0 Å². The Balaban J connectivity index is 1.67. The van der Waals surface area contributed by atoms with Gasteiger partial charge >= 0.3 is 0 Å². The van der Waals surface area contributed by atoms with Crippen molar-refractivity contribution < 1.29 is 9.15 Å². The molecular weight excluding hydrogens is 338 g/mol. The van der Waals surface area contributed by atoms with Gasteiger partial charge < -0.3 is 14.5 Å². The number of rotatable bonds is 6. The van der Waals surface area contributed by atoms with E-state index in [1.54, 1.807) is 0 Å². The van der Waals surface area contributed by atoms with E-state index in [1.165, 1.54) is 0 Å². The first-order valence-corrected chi connectivity index (χ1v) is 8.10. The molecule has 5 nitrogen and oxygen atoms in total. The minimum atomic E-state index is 0.145. The van der Waals surface area contributed by atoms with Crippen LogP contribution in [0.3, 0.4) is 0 Å². The van der Waals surface area contributed by atoms with E-state index in [0.29, 0.717) is 23.3 Å². The molecule has 2 aromatic carbocycles. The number of nitriles is 1. The average Bonchev–Trinajstić information content (AvgIpc) is 3.02. The molecule has 0 spiro atoms. The molecule has 3 aromatic rings. The average molecular weight is 354 g/mol. The van der Waals surface area contributed by atoms with Gasteiger partial charge in [-0.2, -0.15) is 10.2 Å². The number of halogens is 1. The second-order valence-corrected chi connectivity index (χ2v) is 5.85. The van der Waals surface area contributed by atoms with Gasteiger partial charge in [-0.25, -0.2) is 0 Å². The maximum atomic E-state index is 9.23. The van der Waals surface area contributed by atoms with E-state index in [4.69, 9.17) is 20.8 Å². The molecular formula is C19H16ClN3O2. The van der Waals surface area contributed by atoms with E-state index < -0.39 is 0 Å². The third-order valence-electron chi connectivity index (χ3n) is 3.53. The Morgan fingerprint density at radius 3 is 2.84 bits per heavy atom. The number of anilines is 1. The van der Waals surface area contributed by atoms with Gasteiger partial charge in [-0.3, -0.25) is 0 Å². The number of nitrogens with zero attached hydrogens (tertiary/aromatic N) is 2. The molecule has 0 aliphatic rings. The summed E-state index contributed by atoms with van der Waals surface area (Å²) >= 11 is 6.13. The lowest BCUT2D eigenvalue weighted by Crippen LogP contribution is -2.00. The third kappa shape index (κ3) is 4.31. The fourth-order valence-electron chi connectivity index (χ4n) is 2.29. The van der Waals surface area contributed by atoms with Gasteiger partial charge in [-0.15, -0.1) is 0 Å². The van der Waals surface area contributed by atoms with Crippen LogP contribution in [0.1, 0.15) is 22.7 Å². The third-order valence-corrected chi connectivity index (χ3v) is 3.90. The van der Waals surface area contributed by atoms with Gasteiger partial charge in [-0.05, 0) is 36.2 Å². The quantitative estimate of drug-likeness (QED) is 0.695. The Labute approximate surface area is 150 Å². The van der Waals surface area contributed by atoms with Crippen LogP contribution >= 0.6 is 11.6 Å². The molecule has 25 heavy (non-hydrogen) atoms. The normalized spacial score (nSPS) is 10.3. The van der Waals surface area contributed by atoms with Crippen LogP contribution in [0.5, 0.6) is 5.75 Å². The summed E-state index contributed by atoms with van der Waals surface area (Å²) in [5, 5.41) is 12.9. The van der Waals surface area contributed by atoms with E-state index in [0.717, 1.165) is 16.9 Å². The van der Waals surface area contributed by atoms with Crippen LogP contribution in [0, 0.1) is 18.3 Å². The predicted octanol–water partition coefficient (Wildman–Crippen LogP) is 4.70. The van der Waals surface area contributed by atoms with Crippen LogP contribution in [-0.2, 0) is 13.2 Å². The number of ether oxygens (including phenoxy) is 1. The lowest BCUT2D eigenvalue weighted by Gasteiger charge is -2.05. The van der Waals surface area contributed by atoms with E-state index in [9.17, 15) is 5.26 Å². The molecule has 0 fully saturated rings. The number of hydrogen-bond acceptors (Lipinski definition) is 5. The zero-order chi connectivity index (χ0) is 17.6. The Kier molecular flexibility index (Phi) is 5.22. The monoisotopic (exact) mass is 353 g/mol. The van der Waals surface area contributed by atoms with Crippen LogP contribution in [-0.4, -0.2) is 4.98 Å². The maximum Gasteiger partial charge on any atom is 0.236 e. The standard InChI is InChI=1S/C19H16ClN3O2/c1-13-5-4-7-15(9-13)24-12-18-23-17(10-21)19(25-18)22-11-14-6-2-3-8-16(14)20/h2-9,22H,11-12H2,1H3. The highest BCUT2D eigenvalue weighted by atomic mass is 35.5. The largest absolute Gasteiger partial charge is 0.484 e. The second-order valence-electron chi connectivity index (χ2n) is 5.45. The molecule has 1 N–H and O–H groups in total. The first-order chi connectivity index (χ1) is 12.2. The molecule has 0 amide bonds. The van der Waals surface area contributed by atoms with Crippen molar-refractivity contribution in [2.24, 2.45) is 0 Å². The summed E-state index contributed by atoms with van der Waals surface area (Å²) in [5.41, 5.74) is 2.20. The molecule has 0 bridgehead atoms. The van der Waals surface area contributed by atoms with Crippen molar-refractivity contribution in [3.63, 3.8) is 0 Å². The van der Waals surface area contributed by atoms with E-state index in [-0.39, 0.29) is 12.3 Å². The van der Waals surface area contributed by atoms with Gasteiger partial charge in [0.05, 0.1) is 0 Å². The van der Waals surface area contributed by atoms with Crippen molar-refractivity contribution in [2.45, 2.75) is 20.1 Å². The van der Waals surface area contributed by atoms with Gasteiger partial charge in [0.15, 0.2) is 6.61 Å². The van der Waals surface area contributed by atoms with E-state index in [2.05, 4.69) is 10.3 Å². The summed E-state index contributed by atoms with van der Waals surface area (Å²) in [7, 11) is 0. The summed E-state index contributed by atoms with van der Waals surface area (Å²) in [4.78, 5) is 4.15. The fourth-order valence-corrected chi connectivity index (χ4v) is 2.49. The van der Waals surface area contributed by atoms with Gasteiger partial charge in [-0.1, -0.05) is 41.9 Å². The number of nitrogens with one attached hydrogen (secondary N) is 1. The van der Waals surface area contributed by atoms with Crippen LogP contribution in [0.2, 0.25) is 5.02 Å². The fraction of sp³-hybridized carbons (Fsp3) is 0.158. The topological polar surface area (TPSA) is 71.1 Å². The number of benzene rings is 2. The summed E-state index contributed by atoms with van der Waals surface area (Å²) in [6.45, 7) is 2.57. The lowest BCUT2D eigenvalue weighted by molar-refractivity contribution is 0.264. The van der Waals surface area contributed by atoms with Crippen LogP contribution in [0.25, 0.3) is 0 Å². The molecule has 0 aliphatic heterocycles. The molecule has 0 saturated heterocycles. The van der Waals surface area contributed by atoms with Crippen LogP contribution in [0.4, 0.5) is 5.88 Å². The predicted molar refractivity (Wildman–Crippen MR) is 95.5 cm³/mol. The zero-order valence-corrected chi connectivity index (χ0v) is 14.4. The molecule has 0 atom stereocenters. The minimum absolute atomic E-state index is 0.145. The summed E-state index contributed by atoms with van der Waals surface area (Å²) < 4.78 is 11.3. The Morgan fingerprint density at radius 2 is 2.08 bits per heavy atom.